The summed E-state index contributed by atoms with van der Waals surface area (Å²) in [5, 5.41) is 0. The summed E-state index contributed by atoms with van der Waals surface area (Å²) < 4.78 is 6.73. The summed E-state index contributed by atoms with van der Waals surface area (Å²) in [6, 6.07) is 22.2. The van der Waals surface area contributed by atoms with E-state index in [9.17, 15) is 0 Å². The summed E-state index contributed by atoms with van der Waals surface area (Å²) in [6.07, 6.45) is 7.39. The van der Waals surface area contributed by atoms with Crippen molar-refractivity contribution in [3.05, 3.63) is 71.8 Å². The molecule has 35 heavy (non-hydrogen) atoms. The highest BCUT2D eigenvalue weighted by Crippen LogP contribution is 2.67. The number of benzene rings is 2. The van der Waals surface area contributed by atoms with Crippen LogP contribution >= 0.6 is 12.2 Å². The largest absolute Gasteiger partial charge is 0.373 e. The Hall–Kier alpha value is -1.75. The van der Waals surface area contributed by atoms with E-state index in [1.54, 1.807) is 0 Å². The van der Waals surface area contributed by atoms with Crippen molar-refractivity contribution < 1.29 is 4.74 Å². The number of nitrogens with two attached hydrogens (primary N) is 1. The first-order chi connectivity index (χ1) is 16.8. The minimum absolute atomic E-state index is 0.100. The molecule has 5 fully saturated rings. The summed E-state index contributed by atoms with van der Waals surface area (Å²) in [7, 11) is 0. The normalized spacial score (nSPS) is 37.4. The Morgan fingerprint density at radius 3 is 2.23 bits per heavy atom. The van der Waals surface area contributed by atoms with Crippen molar-refractivity contribution in [1.29, 1.82) is 0 Å². The molecule has 0 spiro atoms. The van der Waals surface area contributed by atoms with Gasteiger partial charge in [0.2, 0.25) is 0 Å². The minimum Gasteiger partial charge on any atom is -0.373 e. The summed E-state index contributed by atoms with van der Waals surface area (Å²) >= 11 is 6.43. The van der Waals surface area contributed by atoms with Gasteiger partial charge in [-0.05, 0) is 72.3 Å². The van der Waals surface area contributed by atoms with Crippen LogP contribution in [0.4, 0.5) is 0 Å². The third kappa shape index (κ3) is 4.06. The number of nitrogens with zero attached hydrogens (tertiary/aromatic N) is 1. The molecule has 3 atom stereocenters. The van der Waals surface area contributed by atoms with E-state index < -0.39 is 0 Å². The third-order valence-corrected chi connectivity index (χ3v) is 10.6. The molecule has 4 heteroatoms. The van der Waals surface area contributed by atoms with Gasteiger partial charge in [0.1, 0.15) is 0 Å². The Labute approximate surface area is 216 Å². The fourth-order valence-corrected chi connectivity index (χ4v) is 8.80. The number of piperidine rings is 1. The lowest BCUT2D eigenvalue weighted by Gasteiger charge is -2.65. The molecule has 2 aromatic carbocycles. The van der Waals surface area contributed by atoms with E-state index in [-0.39, 0.29) is 22.3 Å². The standard InChI is InChI=1S/C31H40N2OS/c1-29(2)21-33(14-13-26(29)32)28(35)31-17-23-15-30(20-31,25-11-7-4-8-12-25)16-24(18-31)27(23)34-19-22-9-5-3-6-10-22/h3-12,23-24,26-27H,13-21,32H2,1-2H3/t23?,24?,26-,27?,30?,31?/m0/s1. The molecule has 0 amide bonds. The second kappa shape index (κ2) is 8.68. The fourth-order valence-electron chi connectivity index (χ4n) is 8.41. The first-order valence-corrected chi connectivity index (χ1v) is 14.0. The first-order valence-electron chi connectivity index (χ1n) is 13.6. The molecule has 4 aliphatic carbocycles. The van der Waals surface area contributed by atoms with Gasteiger partial charge in [-0.15, -0.1) is 0 Å². The highest BCUT2D eigenvalue weighted by molar-refractivity contribution is 7.80. The van der Waals surface area contributed by atoms with Crippen molar-refractivity contribution in [2.75, 3.05) is 13.1 Å². The maximum atomic E-state index is 6.73. The van der Waals surface area contributed by atoms with Gasteiger partial charge in [0, 0.05) is 24.5 Å². The molecule has 0 radical (unpaired) electrons. The van der Waals surface area contributed by atoms with Gasteiger partial charge in [0.15, 0.2) is 0 Å². The van der Waals surface area contributed by atoms with Crippen LogP contribution in [0.2, 0.25) is 0 Å². The van der Waals surface area contributed by atoms with Crippen LogP contribution in [-0.2, 0) is 16.8 Å². The van der Waals surface area contributed by atoms with Crippen molar-refractivity contribution in [2.24, 2.45) is 28.4 Å². The van der Waals surface area contributed by atoms with Gasteiger partial charge in [-0.2, -0.15) is 0 Å². The lowest BCUT2D eigenvalue weighted by molar-refractivity contribution is -0.157. The maximum Gasteiger partial charge on any atom is 0.0842 e. The zero-order valence-corrected chi connectivity index (χ0v) is 22.1. The van der Waals surface area contributed by atoms with Crippen LogP contribution in [0.1, 0.15) is 63.5 Å². The second-order valence-electron chi connectivity index (χ2n) is 12.8. The molecule has 1 heterocycles. The number of hydrogen-bond donors (Lipinski definition) is 1. The van der Waals surface area contributed by atoms with Crippen LogP contribution in [0.15, 0.2) is 60.7 Å². The van der Waals surface area contributed by atoms with Crippen LogP contribution in [0, 0.1) is 22.7 Å². The Bertz CT molecular complexity index is 1050. The Balaban J connectivity index is 1.30. The smallest absolute Gasteiger partial charge is 0.0842 e. The van der Waals surface area contributed by atoms with Crippen molar-refractivity contribution in [1.82, 2.24) is 4.90 Å². The average Bonchev–Trinajstić information content (AvgIpc) is 2.85. The fraction of sp³-hybridized carbons (Fsp3) is 0.581. The molecular weight excluding hydrogens is 448 g/mol. The SMILES string of the molecule is CC1(C)CN(C(=S)C23CC4CC(c5ccccc5)(CC(C2)C4OCc2ccccc2)C3)CC[C@@H]1N. The quantitative estimate of drug-likeness (QED) is 0.516. The van der Waals surface area contributed by atoms with Crippen LogP contribution in [0.3, 0.4) is 0 Å². The number of thiocarbonyl (C=S) groups is 1. The molecule has 0 aromatic heterocycles. The Kier molecular flexibility index (Phi) is 5.86. The number of ether oxygens (including phenoxy) is 1. The molecule has 2 aromatic rings. The average molecular weight is 489 g/mol. The van der Waals surface area contributed by atoms with Gasteiger partial charge in [0.05, 0.1) is 17.7 Å². The minimum atomic E-state index is 0.100. The summed E-state index contributed by atoms with van der Waals surface area (Å²) in [4.78, 5) is 3.78. The molecule has 1 saturated heterocycles. The molecule has 186 valence electrons. The van der Waals surface area contributed by atoms with E-state index in [1.165, 1.54) is 48.2 Å². The van der Waals surface area contributed by atoms with Crippen LogP contribution < -0.4 is 5.73 Å². The Morgan fingerprint density at radius 2 is 1.60 bits per heavy atom. The highest BCUT2D eigenvalue weighted by Gasteiger charge is 2.64. The molecule has 7 rings (SSSR count). The van der Waals surface area contributed by atoms with Gasteiger partial charge in [-0.1, -0.05) is 86.7 Å². The van der Waals surface area contributed by atoms with Crippen LogP contribution in [0.5, 0.6) is 0 Å². The molecular formula is C31H40N2OS. The van der Waals surface area contributed by atoms with E-state index in [0.717, 1.165) is 19.5 Å². The van der Waals surface area contributed by atoms with Gasteiger partial charge in [-0.3, -0.25) is 0 Å². The predicted molar refractivity (Wildman–Crippen MR) is 146 cm³/mol. The Morgan fingerprint density at radius 1 is 0.971 bits per heavy atom. The first kappa shape index (κ1) is 23.6. The highest BCUT2D eigenvalue weighted by atomic mass is 32.1. The second-order valence-corrected chi connectivity index (χ2v) is 13.2. The predicted octanol–water partition coefficient (Wildman–Crippen LogP) is 6.11. The van der Waals surface area contributed by atoms with Crippen LogP contribution in [0.25, 0.3) is 0 Å². The third-order valence-electron chi connectivity index (χ3n) is 9.94. The summed E-state index contributed by atoms with van der Waals surface area (Å²) in [5.41, 5.74) is 9.72. The van der Waals surface area contributed by atoms with E-state index >= 15 is 0 Å². The molecule has 5 aliphatic rings. The molecule has 4 saturated carbocycles. The lowest BCUT2D eigenvalue weighted by Crippen LogP contribution is -2.65. The zero-order valence-electron chi connectivity index (χ0n) is 21.3. The maximum absolute atomic E-state index is 6.73. The summed E-state index contributed by atoms with van der Waals surface area (Å²) in [5.74, 6) is 1.14. The van der Waals surface area contributed by atoms with Crippen molar-refractivity contribution in [2.45, 2.75) is 76.5 Å². The number of rotatable bonds is 5. The van der Waals surface area contributed by atoms with Gasteiger partial charge in [0.25, 0.3) is 0 Å². The molecule has 1 aliphatic heterocycles. The van der Waals surface area contributed by atoms with E-state index in [1.807, 2.05) is 0 Å². The van der Waals surface area contributed by atoms with Crippen molar-refractivity contribution in [3.63, 3.8) is 0 Å². The molecule has 4 bridgehead atoms. The van der Waals surface area contributed by atoms with Gasteiger partial charge >= 0.3 is 0 Å². The molecule has 3 nitrogen and oxygen atoms in total. The number of likely N-dealkylation sites (tertiary alicyclic amines) is 1. The topological polar surface area (TPSA) is 38.5 Å². The summed E-state index contributed by atoms with van der Waals surface area (Å²) in [6.45, 7) is 7.33. The van der Waals surface area contributed by atoms with Gasteiger partial charge < -0.3 is 15.4 Å². The van der Waals surface area contributed by atoms with Crippen molar-refractivity contribution >= 4 is 17.2 Å². The molecule has 2 unspecified atom stereocenters. The van der Waals surface area contributed by atoms with Crippen LogP contribution in [-0.4, -0.2) is 35.1 Å². The number of hydrogen-bond acceptors (Lipinski definition) is 3. The van der Waals surface area contributed by atoms with E-state index in [2.05, 4.69) is 79.4 Å². The zero-order chi connectivity index (χ0) is 24.3. The van der Waals surface area contributed by atoms with Gasteiger partial charge in [-0.25, -0.2) is 0 Å². The van der Waals surface area contributed by atoms with Crippen molar-refractivity contribution in [3.8, 4) is 0 Å². The lowest BCUT2D eigenvalue weighted by atomic mass is 9.42. The van der Waals surface area contributed by atoms with E-state index in [4.69, 9.17) is 22.7 Å². The monoisotopic (exact) mass is 488 g/mol. The van der Waals surface area contributed by atoms with E-state index in [0.29, 0.717) is 24.5 Å². The molecule has 2 N–H and O–H groups in total.